The van der Waals surface area contributed by atoms with Crippen molar-refractivity contribution in [3.63, 3.8) is 0 Å². The van der Waals surface area contributed by atoms with Gasteiger partial charge in [0.2, 0.25) is 0 Å². The third-order valence-electron chi connectivity index (χ3n) is 3.83. The van der Waals surface area contributed by atoms with Gasteiger partial charge in [0.15, 0.2) is 0 Å². The molecule has 0 aromatic heterocycles. The molecule has 15 heavy (non-hydrogen) atoms. The predicted octanol–water partition coefficient (Wildman–Crippen LogP) is 1.32. The Morgan fingerprint density at radius 3 is 2.67 bits per heavy atom. The van der Waals surface area contributed by atoms with Crippen LogP contribution >= 0.6 is 0 Å². The Hall–Kier alpha value is -0.120. The molecule has 3 heteroatoms. The molecule has 2 saturated heterocycles. The minimum Gasteiger partial charge on any atom is -0.380 e. The van der Waals surface area contributed by atoms with Gasteiger partial charge in [-0.25, -0.2) is 0 Å². The summed E-state index contributed by atoms with van der Waals surface area (Å²) in [6, 6.07) is 1.18. The molecule has 2 heterocycles. The Labute approximate surface area is 91.5 Å². The van der Waals surface area contributed by atoms with Gasteiger partial charge in [0.05, 0.1) is 12.7 Å². The van der Waals surface area contributed by atoms with Crippen LogP contribution in [0.4, 0.5) is 0 Å². The molecule has 1 aliphatic carbocycles. The van der Waals surface area contributed by atoms with Crippen LogP contribution < -0.4 is 5.32 Å². The van der Waals surface area contributed by atoms with Crippen LogP contribution in [0.15, 0.2) is 0 Å². The lowest BCUT2D eigenvalue weighted by Crippen LogP contribution is -2.47. The van der Waals surface area contributed by atoms with E-state index < -0.39 is 0 Å². The average Bonchev–Trinajstić information content (AvgIpc) is 3.02. The Morgan fingerprint density at radius 2 is 1.93 bits per heavy atom. The summed E-state index contributed by atoms with van der Waals surface area (Å²) in [7, 11) is 0. The molecule has 86 valence electrons. The van der Waals surface area contributed by atoms with E-state index in [-0.39, 0.29) is 0 Å². The second kappa shape index (κ2) is 4.40. The largest absolute Gasteiger partial charge is 0.380 e. The monoisotopic (exact) mass is 211 g/mol. The fourth-order valence-electron chi connectivity index (χ4n) is 2.85. The highest BCUT2D eigenvalue weighted by molar-refractivity contribution is 4.94. The zero-order valence-electron chi connectivity index (χ0n) is 9.28. The lowest BCUT2D eigenvalue weighted by Gasteiger charge is -2.28. The van der Waals surface area contributed by atoms with Crippen LogP contribution in [0.1, 0.15) is 32.1 Å². The highest BCUT2D eigenvalue weighted by atomic mass is 16.5. The Morgan fingerprint density at radius 1 is 1.00 bits per heavy atom. The van der Waals surface area contributed by atoms with E-state index in [1.165, 1.54) is 32.1 Å². The normalized spacial score (nSPS) is 42.0. The van der Waals surface area contributed by atoms with Gasteiger partial charge in [-0.05, 0) is 38.0 Å². The first kappa shape index (κ1) is 10.1. The second-order valence-corrected chi connectivity index (χ2v) is 5.15. The predicted molar refractivity (Wildman–Crippen MR) is 57.8 cm³/mol. The molecular formula is C12H21NO2. The van der Waals surface area contributed by atoms with Gasteiger partial charge in [-0.3, -0.25) is 0 Å². The summed E-state index contributed by atoms with van der Waals surface area (Å²) >= 11 is 0. The topological polar surface area (TPSA) is 30.5 Å². The van der Waals surface area contributed by atoms with Gasteiger partial charge < -0.3 is 14.8 Å². The third kappa shape index (κ3) is 2.35. The van der Waals surface area contributed by atoms with Gasteiger partial charge >= 0.3 is 0 Å². The number of hydrogen-bond acceptors (Lipinski definition) is 3. The summed E-state index contributed by atoms with van der Waals surface area (Å²) in [5.41, 5.74) is 0. The summed E-state index contributed by atoms with van der Waals surface area (Å²) in [6.07, 6.45) is 6.94. The van der Waals surface area contributed by atoms with Crippen molar-refractivity contribution in [2.24, 2.45) is 5.92 Å². The lowest BCUT2D eigenvalue weighted by molar-refractivity contribution is 0.0490. The van der Waals surface area contributed by atoms with Crippen molar-refractivity contribution in [3.05, 3.63) is 0 Å². The fourth-order valence-corrected chi connectivity index (χ4v) is 2.85. The summed E-state index contributed by atoms with van der Waals surface area (Å²) in [6.45, 7) is 2.80. The van der Waals surface area contributed by atoms with Crippen molar-refractivity contribution in [2.45, 2.75) is 50.3 Å². The van der Waals surface area contributed by atoms with Gasteiger partial charge in [0, 0.05) is 25.3 Å². The van der Waals surface area contributed by atoms with Crippen LogP contribution in [0.3, 0.4) is 0 Å². The number of ether oxygens (including phenoxy) is 2. The van der Waals surface area contributed by atoms with Crippen molar-refractivity contribution < 1.29 is 9.47 Å². The van der Waals surface area contributed by atoms with Crippen LogP contribution in [-0.2, 0) is 9.47 Å². The first-order valence-electron chi connectivity index (χ1n) is 6.39. The van der Waals surface area contributed by atoms with E-state index in [0.29, 0.717) is 18.2 Å². The van der Waals surface area contributed by atoms with E-state index in [2.05, 4.69) is 5.32 Å². The smallest absolute Gasteiger partial charge is 0.0757 e. The Kier molecular flexibility index (Phi) is 2.95. The Bertz CT molecular complexity index is 212. The minimum absolute atomic E-state index is 0.506. The molecule has 0 spiro atoms. The molecule has 3 aliphatic rings. The van der Waals surface area contributed by atoms with Crippen molar-refractivity contribution in [3.8, 4) is 0 Å². The van der Waals surface area contributed by atoms with Crippen LogP contribution in [0.25, 0.3) is 0 Å². The molecule has 1 N–H and O–H groups in total. The second-order valence-electron chi connectivity index (χ2n) is 5.15. The summed E-state index contributed by atoms with van der Waals surface area (Å²) in [4.78, 5) is 0. The molecule has 3 unspecified atom stereocenters. The molecule has 0 aromatic carbocycles. The molecule has 1 saturated carbocycles. The lowest BCUT2D eigenvalue weighted by atomic mass is 10.0. The van der Waals surface area contributed by atoms with E-state index in [4.69, 9.17) is 9.47 Å². The van der Waals surface area contributed by atoms with E-state index >= 15 is 0 Å². The Balaban J connectivity index is 1.52. The van der Waals surface area contributed by atoms with Gasteiger partial charge in [-0.2, -0.15) is 0 Å². The zero-order valence-corrected chi connectivity index (χ0v) is 9.28. The summed E-state index contributed by atoms with van der Waals surface area (Å²) in [5, 5.41) is 3.74. The molecular weight excluding hydrogens is 190 g/mol. The number of hydrogen-bond donors (Lipinski definition) is 1. The third-order valence-corrected chi connectivity index (χ3v) is 3.83. The first-order valence-corrected chi connectivity index (χ1v) is 6.39. The quantitative estimate of drug-likeness (QED) is 0.764. The molecule has 0 amide bonds. The number of rotatable bonds is 3. The van der Waals surface area contributed by atoms with E-state index in [1.54, 1.807) is 0 Å². The molecule has 3 fully saturated rings. The van der Waals surface area contributed by atoms with Crippen LogP contribution in [-0.4, -0.2) is 38.0 Å². The van der Waals surface area contributed by atoms with Crippen molar-refractivity contribution in [1.82, 2.24) is 5.32 Å². The molecule has 2 aliphatic heterocycles. The van der Waals surface area contributed by atoms with E-state index in [9.17, 15) is 0 Å². The SMILES string of the molecule is C1COCC(NC2CCOC2C2CC2)C1. The van der Waals surface area contributed by atoms with Gasteiger partial charge in [-0.15, -0.1) is 0 Å². The van der Waals surface area contributed by atoms with Crippen LogP contribution in [0, 0.1) is 5.92 Å². The number of nitrogens with one attached hydrogen (secondary N) is 1. The van der Waals surface area contributed by atoms with Crippen LogP contribution in [0.5, 0.6) is 0 Å². The van der Waals surface area contributed by atoms with Gasteiger partial charge in [-0.1, -0.05) is 0 Å². The maximum absolute atomic E-state index is 5.83. The molecule has 3 rings (SSSR count). The van der Waals surface area contributed by atoms with Gasteiger partial charge in [0.1, 0.15) is 0 Å². The standard InChI is InChI=1S/C12H21NO2/c1-2-10(8-14-6-1)13-11-5-7-15-12(11)9-3-4-9/h9-13H,1-8H2. The molecule has 3 nitrogen and oxygen atoms in total. The van der Waals surface area contributed by atoms with Crippen molar-refractivity contribution >= 4 is 0 Å². The maximum atomic E-state index is 5.83. The van der Waals surface area contributed by atoms with Crippen molar-refractivity contribution in [2.75, 3.05) is 19.8 Å². The zero-order chi connectivity index (χ0) is 10.1. The van der Waals surface area contributed by atoms with E-state index in [0.717, 1.165) is 25.7 Å². The van der Waals surface area contributed by atoms with Gasteiger partial charge in [0.25, 0.3) is 0 Å². The highest BCUT2D eigenvalue weighted by Crippen LogP contribution is 2.38. The fraction of sp³-hybridized carbons (Fsp3) is 1.00. The molecule has 3 atom stereocenters. The average molecular weight is 211 g/mol. The first-order chi connectivity index (χ1) is 7.43. The summed E-state index contributed by atoms with van der Waals surface area (Å²) in [5.74, 6) is 0.856. The molecule has 0 aromatic rings. The minimum atomic E-state index is 0.506. The van der Waals surface area contributed by atoms with Crippen LogP contribution in [0.2, 0.25) is 0 Å². The van der Waals surface area contributed by atoms with E-state index in [1.807, 2.05) is 0 Å². The maximum Gasteiger partial charge on any atom is 0.0757 e. The van der Waals surface area contributed by atoms with Crippen molar-refractivity contribution in [1.29, 1.82) is 0 Å². The molecule has 0 radical (unpaired) electrons. The molecule has 0 bridgehead atoms. The highest BCUT2D eigenvalue weighted by Gasteiger charge is 2.41. The summed E-state index contributed by atoms with van der Waals surface area (Å²) < 4.78 is 11.3.